The molecule has 3 radical (unpaired) electrons. The van der Waals surface area contributed by atoms with Crippen molar-refractivity contribution >= 4 is 22.4 Å². The van der Waals surface area contributed by atoms with Gasteiger partial charge in [-0.25, -0.2) is 0 Å². The molecular weight excluding hydrogens is 196 g/mol. The SMILES string of the molecule is C=Cc1cccc(CCC(=C)[Si])c1C=C. The van der Waals surface area contributed by atoms with Crippen molar-refractivity contribution in [2.24, 2.45) is 0 Å². The molecule has 0 N–H and O–H groups in total. The van der Waals surface area contributed by atoms with E-state index in [-0.39, 0.29) is 0 Å². The third kappa shape index (κ3) is 3.06. The third-order valence-corrected chi connectivity index (χ3v) is 2.60. The van der Waals surface area contributed by atoms with Gasteiger partial charge in [0, 0.05) is 0 Å². The lowest BCUT2D eigenvalue weighted by Crippen LogP contribution is -1.93. The lowest BCUT2D eigenvalue weighted by molar-refractivity contribution is 0.985. The van der Waals surface area contributed by atoms with Crippen molar-refractivity contribution in [2.45, 2.75) is 12.8 Å². The second-order valence-corrected chi connectivity index (χ2v) is 4.14. The molecule has 0 aromatic heterocycles. The first-order valence-corrected chi connectivity index (χ1v) is 5.45. The molecule has 0 unspecified atom stereocenters. The van der Waals surface area contributed by atoms with Gasteiger partial charge in [-0.2, -0.15) is 0 Å². The summed E-state index contributed by atoms with van der Waals surface area (Å²) in [5, 5.41) is 1.02. The summed E-state index contributed by atoms with van der Waals surface area (Å²) < 4.78 is 0. The average molecular weight is 211 g/mol. The number of rotatable bonds is 5. The molecule has 1 heteroatoms. The highest BCUT2D eigenvalue weighted by Gasteiger charge is 2.02. The first kappa shape index (κ1) is 11.7. The van der Waals surface area contributed by atoms with Crippen LogP contribution in [0.1, 0.15) is 23.1 Å². The fraction of sp³-hybridized carbons (Fsp3) is 0.143. The van der Waals surface area contributed by atoms with Gasteiger partial charge < -0.3 is 0 Å². The molecule has 0 spiro atoms. The minimum absolute atomic E-state index is 0.943. The molecule has 1 aromatic rings. The standard InChI is InChI=1S/C14H15Si/c1-4-12-7-6-8-13(14(12)5-2)10-9-11(3)15/h4-8H,1-3,9-10H2. The molecular formula is C14H15Si. The van der Waals surface area contributed by atoms with Crippen molar-refractivity contribution in [3.8, 4) is 0 Å². The molecule has 0 fully saturated rings. The summed E-state index contributed by atoms with van der Waals surface area (Å²) in [5.41, 5.74) is 3.62. The normalized spacial score (nSPS) is 9.67. The maximum atomic E-state index is 3.84. The maximum Gasteiger partial charge on any atom is 0.0642 e. The lowest BCUT2D eigenvalue weighted by Gasteiger charge is -2.09. The summed E-state index contributed by atoms with van der Waals surface area (Å²) in [6.07, 6.45) is 5.68. The van der Waals surface area contributed by atoms with E-state index in [2.05, 4.69) is 48.2 Å². The topological polar surface area (TPSA) is 0 Å². The van der Waals surface area contributed by atoms with Gasteiger partial charge in [0.1, 0.15) is 0 Å². The number of allylic oxidation sites excluding steroid dienone is 1. The monoisotopic (exact) mass is 211 g/mol. The van der Waals surface area contributed by atoms with Crippen molar-refractivity contribution in [2.75, 3.05) is 0 Å². The molecule has 0 saturated heterocycles. The Bertz CT molecular complexity index is 388. The Morgan fingerprint density at radius 3 is 2.53 bits per heavy atom. The molecule has 1 aromatic carbocycles. The van der Waals surface area contributed by atoms with E-state index in [9.17, 15) is 0 Å². The van der Waals surface area contributed by atoms with Crippen LogP contribution in [0.25, 0.3) is 12.2 Å². The van der Waals surface area contributed by atoms with Gasteiger partial charge in [0.05, 0.1) is 10.2 Å². The van der Waals surface area contributed by atoms with E-state index in [0.29, 0.717) is 0 Å². The zero-order chi connectivity index (χ0) is 11.3. The van der Waals surface area contributed by atoms with Crippen LogP contribution in [0.3, 0.4) is 0 Å². The highest BCUT2D eigenvalue weighted by atomic mass is 28.1. The van der Waals surface area contributed by atoms with E-state index in [1.165, 1.54) is 11.1 Å². The minimum Gasteiger partial charge on any atom is -0.105 e. The molecule has 0 aliphatic carbocycles. The minimum atomic E-state index is 0.943. The van der Waals surface area contributed by atoms with Gasteiger partial charge in [0.2, 0.25) is 0 Å². The molecule has 15 heavy (non-hydrogen) atoms. The van der Waals surface area contributed by atoms with E-state index in [0.717, 1.165) is 23.6 Å². The van der Waals surface area contributed by atoms with Crippen molar-refractivity contribution in [1.82, 2.24) is 0 Å². The van der Waals surface area contributed by atoms with Crippen LogP contribution in [-0.4, -0.2) is 10.2 Å². The van der Waals surface area contributed by atoms with Gasteiger partial charge in [-0.1, -0.05) is 48.7 Å². The average Bonchev–Trinajstić information content (AvgIpc) is 2.25. The Balaban J connectivity index is 3.00. The molecule has 0 heterocycles. The van der Waals surface area contributed by atoms with Gasteiger partial charge in [0.15, 0.2) is 0 Å². The zero-order valence-electron chi connectivity index (χ0n) is 8.92. The largest absolute Gasteiger partial charge is 0.105 e. The van der Waals surface area contributed by atoms with Crippen LogP contribution in [0.2, 0.25) is 0 Å². The smallest absolute Gasteiger partial charge is 0.0642 e. The summed E-state index contributed by atoms with van der Waals surface area (Å²) in [6, 6.07) is 6.23. The number of hydrogen-bond acceptors (Lipinski definition) is 0. The molecule has 0 aliphatic rings. The molecule has 0 saturated carbocycles. The van der Waals surface area contributed by atoms with Gasteiger partial charge in [0.25, 0.3) is 0 Å². The first-order valence-electron chi connectivity index (χ1n) is 4.95. The molecule has 0 aliphatic heterocycles. The van der Waals surface area contributed by atoms with Crippen molar-refractivity contribution in [3.05, 3.63) is 59.8 Å². The fourth-order valence-corrected chi connectivity index (χ4v) is 1.69. The zero-order valence-corrected chi connectivity index (χ0v) is 9.92. The Labute approximate surface area is 95.5 Å². The van der Waals surface area contributed by atoms with Crippen LogP contribution in [-0.2, 0) is 6.42 Å². The Kier molecular flexibility index (Phi) is 4.31. The third-order valence-electron chi connectivity index (χ3n) is 2.35. The summed E-state index contributed by atoms with van der Waals surface area (Å²) in [7, 11) is 3.42. The summed E-state index contributed by atoms with van der Waals surface area (Å²) in [6.45, 7) is 11.5. The number of hydrogen-bond donors (Lipinski definition) is 0. The second kappa shape index (κ2) is 5.52. The molecule has 0 amide bonds. The molecule has 0 atom stereocenters. The quantitative estimate of drug-likeness (QED) is 0.653. The van der Waals surface area contributed by atoms with Gasteiger partial charge >= 0.3 is 0 Å². The van der Waals surface area contributed by atoms with Gasteiger partial charge in [-0.15, -0.1) is 6.58 Å². The second-order valence-electron chi connectivity index (χ2n) is 3.43. The van der Waals surface area contributed by atoms with Gasteiger partial charge in [-0.05, 0) is 29.5 Å². The maximum absolute atomic E-state index is 3.84. The van der Waals surface area contributed by atoms with Crippen molar-refractivity contribution in [3.63, 3.8) is 0 Å². The lowest BCUT2D eigenvalue weighted by atomic mass is 9.97. The van der Waals surface area contributed by atoms with Crippen LogP contribution in [0, 0.1) is 0 Å². The van der Waals surface area contributed by atoms with Crippen LogP contribution in [0.4, 0.5) is 0 Å². The number of benzene rings is 1. The highest BCUT2D eigenvalue weighted by molar-refractivity contribution is 6.21. The summed E-state index contributed by atoms with van der Waals surface area (Å²) >= 11 is 0. The van der Waals surface area contributed by atoms with Crippen LogP contribution >= 0.6 is 0 Å². The predicted molar refractivity (Wildman–Crippen MR) is 69.8 cm³/mol. The van der Waals surface area contributed by atoms with E-state index in [1.807, 2.05) is 12.2 Å². The van der Waals surface area contributed by atoms with Crippen LogP contribution < -0.4 is 0 Å². The number of aryl methyl sites for hydroxylation is 1. The van der Waals surface area contributed by atoms with Crippen molar-refractivity contribution < 1.29 is 0 Å². The molecule has 0 bridgehead atoms. The van der Waals surface area contributed by atoms with Crippen LogP contribution in [0.15, 0.2) is 43.1 Å². The Morgan fingerprint density at radius 1 is 1.27 bits per heavy atom. The van der Waals surface area contributed by atoms with E-state index < -0.39 is 0 Å². The van der Waals surface area contributed by atoms with Crippen LogP contribution in [0.5, 0.6) is 0 Å². The van der Waals surface area contributed by atoms with Gasteiger partial charge in [-0.3, -0.25) is 0 Å². The predicted octanol–water partition coefficient (Wildman–Crippen LogP) is 3.59. The van der Waals surface area contributed by atoms with E-state index in [1.54, 1.807) is 0 Å². The van der Waals surface area contributed by atoms with E-state index >= 15 is 0 Å². The summed E-state index contributed by atoms with van der Waals surface area (Å²) in [5.74, 6) is 0. The molecule has 1 rings (SSSR count). The first-order chi connectivity index (χ1) is 7.19. The Morgan fingerprint density at radius 2 is 2.00 bits per heavy atom. The molecule has 75 valence electrons. The van der Waals surface area contributed by atoms with E-state index in [4.69, 9.17) is 0 Å². The van der Waals surface area contributed by atoms with Crippen molar-refractivity contribution in [1.29, 1.82) is 0 Å². The summed E-state index contributed by atoms with van der Waals surface area (Å²) in [4.78, 5) is 0. The molecule has 0 nitrogen and oxygen atoms in total. The Hall–Kier alpha value is -1.34. The fourth-order valence-electron chi connectivity index (χ4n) is 1.56. The highest BCUT2D eigenvalue weighted by Crippen LogP contribution is 2.19.